The molecule has 3 aromatic rings. The van der Waals surface area contributed by atoms with E-state index in [2.05, 4.69) is 15.3 Å². The van der Waals surface area contributed by atoms with Crippen molar-refractivity contribution >= 4 is 16.3 Å². The Morgan fingerprint density at radius 2 is 2.00 bits per heavy atom. The van der Waals surface area contributed by atoms with Gasteiger partial charge in [0, 0.05) is 12.0 Å². The average Bonchev–Trinajstić information content (AvgIpc) is 2.96. The maximum absolute atomic E-state index is 5.51. The van der Waals surface area contributed by atoms with Gasteiger partial charge in [0.25, 0.3) is 0 Å². The second-order valence-electron chi connectivity index (χ2n) is 3.97. The number of nitrogens with zero attached hydrogens (tertiary/aromatic N) is 4. The molecule has 92 valence electrons. The van der Waals surface area contributed by atoms with Crippen LogP contribution in [0.15, 0.2) is 30.3 Å². The molecular weight excluding hydrogens is 246 g/mol. The smallest absolute Gasteiger partial charge is 0.234 e. The van der Waals surface area contributed by atoms with E-state index in [9.17, 15) is 0 Å². The molecule has 0 amide bonds. The highest BCUT2D eigenvalue weighted by molar-refractivity contribution is 7.16. The van der Waals surface area contributed by atoms with Crippen LogP contribution in [0, 0.1) is 0 Å². The van der Waals surface area contributed by atoms with Gasteiger partial charge in [0.1, 0.15) is 5.01 Å². The van der Waals surface area contributed by atoms with E-state index < -0.39 is 0 Å². The van der Waals surface area contributed by atoms with Gasteiger partial charge in [-0.15, -0.1) is 10.2 Å². The third kappa shape index (κ3) is 2.00. The molecule has 18 heavy (non-hydrogen) atoms. The molecule has 0 radical (unpaired) electrons. The van der Waals surface area contributed by atoms with Crippen LogP contribution in [0.5, 0.6) is 0 Å². The Bertz CT molecular complexity index is 643. The van der Waals surface area contributed by atoms with Crippen LogP contribution in [0.2, 0.25) is 0 Å². The number of aryl methyl sites for hydroxylation is 1. The highest BCUT2D eigenvalue weighted by Crippen LogP contribution is 2.21. The van der Waals surface area contributed by atoms with E-state index >= 15 is 0 Å². The second-order valence-corrected chi connectivity index (χ2v) is 5.01. The predicted molar refractivity (Wildman–Crippen MR) is 71.5 cm³/mol. The Balaban J connectivity index is 2.01. The van der Waals surface area contributed by atoms with Gasteiger partial charge in [-0.1, -0.05) is 41.7 Å². The van der Waals surface area contributed by atoms with Gasteiger partial charge in [-0.05, 0) is 13.0 Å². The standard InChI is InChI=1S/C12H13N5S/c13-8-4-7-10-16-17-11(14-15-12(17)18-10)9-5-2-1-3-6-9/h1-3,5-6H,4,7-8,13H2. The van der Waals surface area contributed by atoms with Gasteiger partial charge in [-0.3, -0.25) is 0 Å². The van der Waals surface area contributed by atoms with Crippen LogP contribution in [0.25, 0.3) is 16.3 Å². The molecule has 0 aliphatic rings. The van der Waals surface area contributed by atoms with Crippen molar-refractivity contribution in [2.75, 3.05) is 6.54 Å². The van der Waals surface area contributed by atoms with Gasteiger partial charge < -0.3 is 5.73 Å². The minimum atomic E-state index is 0.686. The zero-order valence-corrected chi connectivity index (χ0v) is 10.6. The highest BCUT2D eigenvalue weighted by atomic mass is 32.1. The normalized spacial score (nSPS) is 11.2. The molecule has 6 heteroatoms. The van der Waals surface area contributed by atoms with E-state index in [4.69, 9.17) is 5.73 Å². The molecule has 5 nitrogen and oxygen atoms in total. The van der Waals surface area contributed by atoms with Crippen LogP contribution in [0.1, 0.15) is 11.4 Å². The summed E-state index contributed by atoms with van der Waals surface area (Å²) < 4.78 is 1.81. The van der Waals surface area contributed by atoms with Crippen LogP contribution in [-0.4, -0.2) is 26.4 Å². The summed E-state index contributed by atoms with van der Waals surface area (Å²) in [6.45, 7) is 0.686. The molecule has 0 unspecified atom stereocenters. The van der Waals surface area contributed by atoms with Gasteiger partial charge in [0.05, 0.1) is 0 Å². The van der Waals surface area contributed by atoms with E-state index in [1.54, 1.807) is 11.3 Å². The molecule has 0 aliphatic carbocycles. The number of aromatic nitrogens is 4. The average molecular weight is 259 g/mol. The fraction of sp³-hybridized carbons (Fsp3) is 0.250. The number of hydrogen-bond donors (Lipinski definition) is 1. The number of fused-ring (bicyclic) bond motifs is 1. The van der Waals surface area contributed by atoms with Crippen molar-refractivity contribution in [3.63, 3.8) is 0 Å². The fourth-order valence-electron chi connectivity index (χ4n) is 1.78. The third-order valence-corrected chi connectivity index (χ3v) is 3.62. The lowest BCUT2D eigenvalue weighted by Crippen LogP contribution is -2.00. The first-order valence-corrected chi connectivity index (χ1v) is 6.67. The Morgan fingerprint density at radius 1 is 1.17 bits per heavy atom. The predicted octanol–water partition coefficient (Wildman–Crippen LogP) is 1.74. The van der Waals surface area contributed by atoms with Crippen molar-refractivity contribution in [3.05, 3.63) is 35.3 Å². The Labute approximate surface area is 108 Å². The number of hydrogen-bond acceptors (Lipinski definition) is 5. The first kappa shape index (κ1) is 11.3. The Kier molecular flexibility index (Phi) is 3.04. The van der Waals surface area contributed by atoms with Crippen LogP contribution in [-0.2, 0) is 6.42 Å². The van der Waals surface area contributed by atoms with E-state index in [1.165, 1.54) is 0 Å². The monoisotopic (exact) mass is 259 g/mol. The molecular formula is C12H13N5S. The van der Waals surface area contributed by atoms with Crippen molar-refractivity contribution in [3.8, 4) is 11.4 Å². The van der Waals surface area contributed by atoms with Crippen molar-refractivity contribution < 1.29 is 0 Å². The van der Waals surface area contributed by atoms with Gasteiger partial charge in [0.2, 0.25) is 4.96 Å². The number of nitrogens with two attached hydrogens (primary N) is 1. The summed E-state index contributed by atoms with van der Waals surface area (Å²) >= 11 is 1.58. The molecule has 1 aromatic carbocycles. The molecule has 0 fully saturated rings. The number of benzene rings is 1. The summed E-state index contributed by atoms with van der Waals surface area (Å²) in [5.41, 5.74) is 6.54. The lowest BCUT2D eigenvalue weighted by molar-refractivity contribution is 0.799. The van der Waals surface area contributed by atoms with E-state index in [-0.39, 0.29) is 0 Å². The van der Waals surface area contributed by atoms with Crippen molar-refractivity contribution in [1.29, 1.82) is 0 Å². The van der Waals surface area contributed by atoms with Crippen LogP contribution in [0.3, 0.4) is 0 Å². The largest absolute Gasteiger partial charge is 0.330 e. The molecule has 0 spiro atoms. The SMILES string of the molecule is NCCCc1nn2c(-c3ccccc3)nnc2s1. The Hall–Kier alpha value is -1.79. The van der Waals surface area contributed by atoms with Gasteiger partial charge in [-0.2, -0.15) is 9.61 Å². The van der Waals surface area contributed by atoms with E-state index in [0.29, 0.717) is 6.54 Å². The Morgan fingerprint density at radius 3 is 2.78 bits per heavy atom. The van der Waals surface area contributed by atoms with Crippen LogP contribution in [0.4, 0.5) is 0 Å². The van der Waals surface area contributed by atoms with E-state index in [1.807, 2.05) is 34.8 Å². The lowest BCUT2D eigenvalue weighted by atomic mass is 10.2. The first-order valence-electron chi connectivity index (χ1n) is 5.85. The molecule has 2 heterocycles. The third-order valence-electron chi connectivity index (χ3n) is 2.66. The van der Waals surface area contributed by atoms with Crippen LogP contribution < -0.4 is 5.73 Å². The zero-order valence-electron chi connectivity index (χ0n) is 9.78. The molecule has 0 aliphatic heterocycles. The maximum Gasteiger partial charge on any atom is 0.234 e. The summed E-state index contributed by atoms with van der Waals surface area (Å²) in [5, 5.41) is 13.9. The zero-order chi connectivity index (χ0) is 12.4. The minimum Gasteiger partial charge on any atom is -0.330 e. The minimum absolute atomic E-state index is 0.686. The molecule has 0 saturated carbocycles. The van der Waals surface area contributed by atoms with Crippen molar-refractivity contribution in [2.45, 2.75) is 12.8 Å². The summed E-state index contributed by atoms with van der Waals surface area (Å²) in [4.78, 5) is 0.834. The van der Waals surface area contributed by atoms with Gasteiger partial charge >= 0.3 is 0 Å². The molecule has 2 N–H and O–H groups in total. The highest BCUT2D eigenvalue weighted by Gasteiger charge is 2.12. The molecule has 0 bridgehead atoms. The summed E-state index contributed by atoms with van der Waals surface area (Å²) in [5.74, 6) is 0.792. The summed E-state index contributed by atoms with van der Waals surface area (Å²) in [6.07, 6.45) is 1.85. The maximum atomic E-state index is 5.51. The molecule has 2 aromatic heterocycles. The van der Waals surface area contributed by atoms with Crippen molar-refractivity contribution in [1.82, 2.24) is 19.8 Å². The van der Waals surface area contributed by atoms with Crippen LogP contribution >= 0.6 is 11.3 Å². The second kappa shape index (κ2) is 4.83. The molecule has 0 atom stereocenters. The van der Waals surface area contributed by atoms with E-state index in [0.717, 1.165) is 34.2 Å². The summed E-state index contributed by atoms with van der Waals surface area (Å²) in [6, 6.07) is 9.97. The molecule has 0 saturated heterocycles. The number of rotatable bonds is 4. The first-order chi connectivity index (χ1) is 8.88. The topological polar surface area (TPSA) is 69.1 Å². The fourth-order valence-corrected chi connectivity index (χ4v) is 2.65. The quantitative estimate of drug-likeness (QED) is 0.775. The van der Waals surface area contributed by atoms with Crippen molar-refractivity contribution in [2.24, 2.45) is 5.73 Å². The lowest BCUT2D eigenvalue weighted by Gasteiger charge is -1.95. The molecule has 3 rings (SSSR count). The van der Waals surface area contributed by atoms with Gasteiger partial charge in [-0.25, -0.2) is 0 Å². The van der Waals surface area contributed by atoms with Gasteiger partial charge in [0.15, 0.2) is 5.82 Å². The summed E-state index contributed by atoms with van der Waals surface area (Å²) in [7, 11) is 0.